The Hall–Kier alpha value is -1.73. The van der Waals surface area contributed by atoms with E-state index >= 15 is 0 Å². The molecule has 0 radical (unpaired) electrons. The van der Waals surface area contributed by atoms with Crippen LogP contribution < -0.4 is 0 Å². The fraction of sp³-hybridized carbons (Fsp3) is 0.706. The number of likely N-dealkylation sites (tertiary alicyclic amines) is 1. The zero-order chi connectivity index (χ0) is 16.9. The van der Waals surface area contributed by atoms with Crippen LogP contribution in [0.4, 0.5) is 0 Å². The smallest absolute Gasteiger partial charge is 0.226 e. The summed E-state index contributed by atoms with van der Waals surface area (Å²) in [7, 11) is 0. The average Bonchev–Trinajstić information content (AvgIpc) is 3.23. The van der Waals surface area contributed by atoms with Crippen molar-refractivity contribution in [3.63, 3.8) is 0 Å². The average molecular weight is 331 g/mol. The molecule has 0 aliphatic carbocycles. The minimum absolute atomic E-state index is 0.150. The molecule has 24 heavy (non-hydrogen) atoms. The van der Waals surface area contributed by atoms with E-state index in [1.54, 1.807) is 0 Å². The van der Waals surface area contributed by atoms with Crippen molar-refractivity contribution in [3.05, 3.63) is 29.2 Å². The molecule has 0 N–H and O–H groups in total. The minimum Gasteiger partial charge on any atom is -0.425 e. The van der Waals surface area contributed by atoms with Gasteiger partial charge in [0.05, 0.1) is 24.3 Å². The summed E-state index contributed by atoms with van der Waals surface area (Å²) in [5.74, 6) is 1.77. The Kier molecular flexibility index (Phi) is 3.73. The molecule has 7 nitrogen and oxygen atoms in total. The highest BCUT2D eigenvalue weighted by Crippen LogP contribution is 2.43. The van der Waals surface area contributed by atoms with Gasteiger partial charge in [-0.05, 0) is 20.8 Å². The summed E-state index contributed by atoms with van der Waals surface area (Å²) < 4.78 is 13.6. The van der Waals surface area contributed by atoms with E-state index in [-0.39, 0.29) is 5.41 Å². The van der Waals surface area contributed by atoms with Crippen LogP contribution in [0.5, 0.6) is 0 Å². The van der Waals surface area contributed by atoms with Crippen LogP contribution in [-0.4, -0.2) is 51.2 Å². The van der Waals surface area contributed by atoms with Crippen LogP contribution in [0.25, 0.3) is 0 Å². The molecule has 2 aromatic heterocycles. The molecular weight excluding hydrogens is 306 g/mol. The minimum atomic E-state index is -0.150. The highest BCUT2D eigenvalue weighted by Gasteiger charge is 2.55. The summed E-state index contributed by atoms with van der Waals surface area (Å²) >= 11 is 0. The maximum absolute atomic E-state index is 5.78. The van der Waals surface area contributed by atoms with Gasteiger partial charge in [-0.25, -0.2) is 0 Å². The van der Waals surface area contributed by atoms with Gasteiger partial charge in [-0.3, -0.25) is 9.58 Å². The Bertz CT molecular complexity index is 737. The summed E-state index contributed by atoms with van der Waals surface area (Å²) in [6, 6.07) is 0.386. The summed E-state index contributed by atoms with van der Waals surface area (Å²) in [5.41, 5.74) is 2.25. The summed E-state index contributed by atoms with van der Waals surface area (Å²) in [6.45, 7) is 12.5. The van der Waals surface area contributed by atoms with Gasteiger partial charge >= 0.3 is 0 Å². The molecule has 2 aliphatic rings. The van der Waals surface area contributed by atoms with E-state index in [1.807, 2.05) is 11.6 Å². The van der Waals surface area contributed by atoms with Crippen LogP contribution in [0.3, 0.4) is 0 Å². The van der Waals surface area contributed by atoms with E-state index in [0.717, 1.165) is 37.8 Å². The molecule has 2 aromatic rings. The van der Waals surface area contributed by atoms with Gasteiger partial charge in [-0.1, -0.05) is 0 Å². The first-order valence-corrected chi connectivity index (χ1v) is 8.63. The third kappa shape index (κ3) is 2.46. The van der Waals surface area contributed by atoms with Crippen molar-refractivity contribution >= 4 is 0 Å². The fourth-order valence-corrected chi connectivity index (χ4v) is 3.94. The van der Waals surface area contributed by atoms with Crippen molar-refractivity contribution in [3.8, 4) is 0 Å². The molecule has 2 aliphatic heterocycles. The van der Waals surface area contributed by atoms with E-state index in [9.17, 15) is 0 Å². The van der Waals surface area contributed by atoms with Gasteiger partial charge in [0.15, 0.2) is 0 Å². The zero-order valence-electron chi connectivity index (χ0n) is 14.8. The quantitative estimate of drug-likeness (QED) is 0.852. The van der Waals surface area contributed by atoms with E-state index in [4.69, 9.17) is 9.15 Å². The second kappa shape index (κ2) is 5.67. The first-order chi connectivity index (χ1) is 11.5. The molecule has 4 rings (SSSR count). The number of hydrogen-bond acceptors (Lipinski definition) is 6. The van der Waals surface area contributed by atoms with Crippen LogP contribution in [0.15, 0.2) is 10.6 Å². The molecule has 0 aromatic carbocycles. The van der Waals surface area contributed by atoms with Crippen molar-refractivity contribution in [2.45, 2.75) is 45.7 Å². The van der Waals surface area contributed by atoms with Crippen molar-refractivity contribution in [2.24, 2.45) is 5.92 Å². The van der Waals surface area contributed by atoms with Gasteiger partial charge in [-0.15, -0.1) is 10.2 Å². The molecule has 0 saturated carbocycles. The van der Waals surface area contributed by atoms with Crippen molar-refractivity contribution in [2.75, 3.05) is 26.3 Å². The topological polar surface area (TPSA) is 69.2 Å². The number of ether oxygens (including phenoxy) is 1. The molecule has 2 fully saturated rings. The van der Waals surface area contributed by atoms with E-state index in [2.05, 4.69) is 47.2 Å². The van der Waals surface area contributed by atoms with Crippen LogP contribution in [0, 0.1) is 19.8 Å². The lowest BCUT2D eigenvalue weighted by Gasteiger charge is -2.22. The summed E-state index contributed by atoms with van der Waals surface area (Å²) in [6.07, 6.45) is 2.17. The lowest BCUT2D eigenvalue weighted by Crippen LogP contribution is -2.35. The Labute approximate surface area is 142 Å². The van der Waals surface area contributed by atoms with Crippen LogP contribution in [0.2, 0.25) is 0 Å². The van der Waals surface area contributed by atoms with E-state index in [0.29, 0.717) is 24.5 Å². The molecule has 130 valence electrons. The number of fused-ring (bicyclic) bond motifs is 1. The fourth-order valence-electron chi connectivity index (χ4n) is 3.94. The molecule has 4 heterocycles. The highest BCUT2D eigenvalue weighted by molar-refractivity contribution is 5.20. The monoisotopic (exact) mass is 331 g/mol. The van der Waals surface area contributed by atoms with Gasteiger partial charge in [0.2, 0.25) is 11.8 Å². The Morgan fingerprint density at radius 2 is 2.17 bits per heavy atom. The van der Waals surface area contributed by atoms with E-state index < -0.39 is 0 Å². The summed E-state index contributed by atoms with van der Waals surface area (Å²) in [4.78, 5) is 2.47. The molecular formula is C17H25N5O2. The molecule has 2 saturated heterocycles. The summed E-state index contributed by atoms with van der Waals surface area (Å²) in [5, 5.41) is 13.0. The number of rotatable bonds is 4. The molecule has 2 atom stereocenters. The Morgan fingerprint density at radius 1 is 1.33 bits per heavy atom. The lowest BCUT2D eigenvalue weighted by atomic mass is 9.81. The molecule has 0 amide bonds. The van der Waals surface area contributed by atoms with Crippen LogP contribution in [0.1, 0.15) is 42.9 Å². The maximum atomic E-state index is 5.78. The number of nitrogens with zero attached hydrogens (tertiary/aromatic N) is 5. The lowest BCUT2D eigenvalue weighted by molar-refractivity contribution is 0.140. The van der Waals surface area contributed by atoms with Gasteiger partial charge < -0.3 is 9.15 Å². The maximum Gasteiger partial charge on any atom is 0.226 e. The third-order valence-corrected chi connectivity index (χ3v) is 5.34. The van der Waals surface area contributed by atoms with Gasteiger partial charge in [0.1, 0.15) is 0 Å². The van der Waals surface area contributed by atoms with E-state index in [1.165, 1.54) is 5.56 Å². The number of hydrogen-bond donors (Lipinski definition) is 0. The SMILES string of the molecule is Cc1nnc([C@@]23COC[C@@H]2CN(Cc2cn(C(C)C)nc2C)C3)o1. The van der Waals surface area contributed by atoms with Gasteiger partial charge in [0, 0.05) is 50.3 Å². The first-order valence-electron chi connectivity index (χ1n) is 8.63. The standard InChI is InChI=1S/C17H25N5O2/c1-11(2)22-6-14(12(3)20-22)5-21-7-15-8-23-10-17(15,9-21)16-19-18-13(4)24-16/h6,11,15H,5,7-10H2,1-4H3/t15-,17-/m0/s1. The molecule has 0 unspecified atom stereocenters. The highest BCUT2D eigenvalue weighted by atomic mass is 16.5. The van der Waals surface area contributed by atoms with Crippen molar-refractivity contribution < 1.29 is 9.15 Å². The van der Waals surface area contributed by atoms with Crippen molar-refractivity contribution in [1.82, 2.24) is 24.9 Å². The van der Waals surface area contributed by atoms with Crippen molar-refractivity contribution in [1.29, 1.82) is 0 Å². The second-order valence-corrected chi connectivity index (χ2v) is 7.48. The Balaban J connectivity index is 1.55. The predicted molar refractivity (Wildman–Crippen MR) is 87.6 cm³/mol. The molecule has 0 bridgehead atoms. The third-order valence-electron chi connectivity index (χ3n) is 5.34. The van der Waals surface area contributed by atoms with Gasteiger partial charge in [0.25, 0.3) is 0 Å². The molecule has 0 spiro atoms. The Morgan fingerprint density at radius 3 is 2.83 bits per heavy atom. The molecule has 7 heteroatoms. The number of aryl methyl sites for hydroxylation is 2. The van der Waals surface area contributed by atoms with Gasteiger partial charge in [-0.2, -0.15) is 5.10 Å². The van der Waals surface area contributed by atoms with Crippen LogP contribution >= 0.6 is 0 Å². The van der Waals surface area contributed by atoms with Crippen LogP contribution in [-0.2, 0) is 16.7 Å². The first kappa shape index (κ1) is 15.8. The normalized spacial score (nSPS) is 27.3. The largest absolute Gasteiger partial charge is 0.425 e. The predicted octanol–water partition coefficient (Wildman–Crippen LogP) is 1.86. The number of aromatic nitrogens is 4. The second-order valence-electron chi connectivity index (χ2n) is 7.48. The zero-order valence-corrected chi connectivity index (χ0v) is 14.8.